The highest BCUT2D eigenvalue weighted by molar-refractivity contribution is 5.92. The van der Waals surface area contributed by atoms with Crippen molar-refractivity contribution in [1.82, 2.24) is 14.7 Å². The minimum absolute atomic E-state index is 0.120. The van der Waals surface area contributed by atoms with E-state index in [9.17, 15) is 9.18 Å². The third kappa shape index (κ3) is 3.20. The molecular weight excluding hydrogens is 321 g/mol. The summed E-state index contributed by atoms with van der Waals surface area (Å²) in [5.41, 5.74) is 0.744. The number of carbonyl (C=O) groups excluding carboxylic acids is 1. The van der Waals surface area contributed by atoms with Gasteiger partial charge in [0.1, 0.15) is 11.6 Å². The van der Waals surface area contributed by atoms with Crippen molar-refractivity contribution >= 4 is 5.91 Å². The van der Waals surface area contributed by atoms with E-state index in [0.29, 0.717) is 24.6 Å². The number of carbonyl (C=O) groups is 1. The lowest BCUT2D eigenvalue weighted by Crippen LogP contribution is -2.40. The van der Waals surface area contributed by atoms with E-state index in [1.54, 1.807) is 30.5 Å². The van der Waals surface area contributed by atoms with Crippen molar-refractivity contribution in [2.75, 3.05) is 13.1 Å². The molecule has 1 aliphatic rings. The van der Waals surface area contributed by atoms with Gasteiger partial charge in [0.05, 0.1) is 6.04 Å². The summed E-state index contributed by atoms with van der Waals surface area (Å²) in [5.74, 6) is 0.444. The zero-order valence-electron chi connectivity index (χ0n) is 13.6. The summed E-state index contributed by atoms with van der Waals surface area (Å²) in [7, 11) is 0. The van der Waals surface area contributed by atoms with Crippen molar-refractivity contribution in [2.24, 2.45) is 0 Å². The van der Waals surface area contributed by atoms with Gasteiger partial charge in [-0.15, -0.1) is 0 Å². The fourth-order valence-electron chi connectivity index (χ4n) is 3.23. The first-order valence-electron chi connectivity index (χ1n) is 8.35. The Morgan fingerprint density at radius 1 is 1.20 bits per heavy atom. The quantitative estimate of drug-likeness (QED) is 0.730. The van der Waals surface area contributed by atoms with Crippen molar-refractivity contribution in [3.8, 4) is 11.3 Å². The minimum atomic E-state index is -0.301. The Morgan fingerprint density at radius 2 is 2.04 bits per heavy atom. The lowest BCUT2D eigenvalue weighted by atomic mass is 10.1. The van der Waals surface area contributed by atoms with E-state index in [2.05, 4.69) is 5.10 Å². The molecule has 4 rings (SSSR count). The molecule has 1 fully saturated rings. The molecule has 3 heterocycles. The Balaban J connectivity index is 1.50. The van der Waals surface area contributed by atoms with Crippen LogP contribution in [0.5, 0.6) is 0 Å². The molecule has 5 nitrogen and oxygen atoms in total. The summed E-state index contributed by atoms with van der Waals surface area (Å²) in [6.45, 7) is 1.33. The highest BCUT2D eigenvalue weighted by atomic mass is 19.1. The van der Waals surface area contributed by atoms with E-state index in [1.165, 1.54) is 12.1 Å². The number of amides is 1. The van der Waals surface area contributed by atoms with Gasteiger partial charge in [0.25, 0.3) is 5.91 Å². The summed E-state index contributed by atoms with van der Waals surface area (Å²) < 4.78 is 20.7. The maximum absolute atomic E-state index is 13.0. The summed E-state index contributed by atoms with van der Waals surface area (Å²) in [4.78, 5) is 14.6. The van der Waals surface area contributed by atoms with Crippen molar-refractivity contribution in [3.05, 3.63) is 66.4 Å². The monoisotopic (exact) mass is 339 g/mol. The van der Waals surface area contributed by atoms with E-state index < -0.39 is 0 Å². The number of nitrogens with zero attached hydrogens (tertiary/aromatic N) is 3. The maximum atomic E-state index is 13.0. The average molecular weight is 339 g/mol. The van der Waals surface area contributed by atoms with Crippen LogP contribution in [0, 0.1) is 5.82 Å². The maximum Gasteiger partial charge on any atom is 0.289 e. The molecule has 0 spiro atoms. The lowest BCUT2D eigenvalue weighted by Gasteiger charge is -2.32. The van der Waals surface area contributed by atoms with Crippen molar-refractivity contribution in [1.29, 1.82) is 0 Å². The fraction of sp³-hybridized carbons (Fsp3) is 0.263. The van der Waals surface area contributed by atoms with Gasteiger partial charge >= 0.3 is 0 Å². The molecule has 0 aliphatic carbocycles. The summed E-state index contributed by atoms with van der Waals surface area (Å²) in [6, 6.07) is 11.5. The number of likely N-dealkylation sites (tertiary alicyclic amines) is 1. The first-order chi connectivity index (χ1) is 12.2. The Kier molecular flexibility index (Phi) is 4.09. The van der Waals surface area contributed by atoms with Crippen LogP contribution in [-0.2, 0) is 0 Å². The first-order valence-corrected chi connectivity index (χ1v) is 8.35. The number of aromatic nitrogens is 2. The van der Waals surface area contributed by atoms with Gasteiger partial charge in [-0.25, -0.2) is 4.39 Å². The Hall–Kier alpha value is -2.89. The molecule has 0 radical (unpaired) electrons. The van der Waals surface area contributed by atoms with Crippen LogP contribution < -0.4 is 0 Å². The highest BCUT2D eigenvalue weighted by Gasteiger charge is 2.27. The van der Waals surface area contributed by atoms with E-state index in [4.69, 9.17) is 4.42 Å². The van der Waals surface area contributed by atoms with Crippen LogP contribution in [0.3, 0.4) is 0 Å². The van der Waals surface area contributed by atoms with Gasteiger partial charge in [0.2, 0.25) is 0 Å². The molecule has 0 saturated carbocycles. The smallest absolute Gasteiger partial charge is 0.289 e. The number of hydrogen-bond donors (Lipinski definition) is 0. The zero-order valence-corrected chi connectivity index (χ0v) is 13.6. The number of benzene rings is 1. The second-order valence-electron chi connectivity index (χ2n) is 6.20. The molecule has 1 saturated heterocycles. The van der Waals surface area contributed by atoms with Crippen LogP contribution >= 0.6 is 0 Å². The standard InChI is InChI=1S/C19H18FN3O2/c20-15-6-4-14(5-7-15)17-8-9-18(25-17)19(24)22-11-1-3-16(13-22)23-12-2-10-21-23/h2,4-10,12,16H,1,3,11,13H2/t16-/m0/s1. The van der Waals surface area contributed by atoms with Gasteiger partial charge < -0.3 is 9.32 Å². The number of hydrogen-bond acceptors (Lipinski definition) is 3. The topological polar surface area (TPSA) is 51.3 Å². The molecule has 6 heteroatoms. The average Bonchev–Trinajstić information content (AvgIpc) is 3.34. The van der Waals surface area contributed by atoms with Gasteiger partial charge in [-0.3, -0.25) is 9.48 Å². The third-order valence-electron chi connectivity index (χ3n) is 4.53. The van der Waals surface area contributed by atoms with Gasteiger partial charge in [-0.05, 0) is 55.3 Å². The largest absolute Gasteiger partial charge is 0.451 e. The van der Waals surface area contributed by atoms with Crippen molar-refractivity contribution < 1.29 is 13.6 Å². The molecule has 0 bridgehead atoms. The van der Waals surface area contributed by atoms with Crippen molar-refractivity contribution in [2.45, 2.75) is 18.9 Å². The minimum Gasteiger partial charge on any atom is -0.451 e. The van der Waals surface area contributed by atoms with E-state index in [-0.39, 0.29) is 17.8 Å². The van der Waals surface area contributed by atoms with E-state index in [0.717, 1.165) is 18.4 Å². The number of halogens is 1. The van der Waals surface area contributed by atoms with Gasteiger partial charge in [-0.1, -0.05) is 0 Å². The first kappa shape index (κ1) is 15.6. The number of rotatable bonds is 3. The fourth-order valence-corrected chi connectivity index (χ4v) is 3.23. The number of furan rings is 1. The molecule has 128 valence electrons. The van der Waals surface area contributed by atoms with Gasteiger partial charge in [-0.2, -0.15) is 5.10 Å². The molecule has 0 unspecified atom stereocenters. The molecule has 1 aromatic carbocycles. The highest BCUT2D eigenvalue weighted by Crippen LogP contribution is 2.26. The van der Waals surface area contributed by atoms with Crippen LogP contribution in [0.25, 0.3) is 11.3 Å². The summed E-state index contributed by atoms with van der Waals surface area (Å²) in [6.07, 6.45) is 5.62. The molecular formula is C19H18FN3O2. The normalized spacial score (nSPS) is 17.6. The Labute approximate surface area is 144 Å². The van der Waals surface area contributed by atoms with Crippen molar-refractivity contribution in [3.63, 3.8) is 0 Å². The molecule has 0 N–H and O–H groups in total. The van der Waals surface area contributed by atoms with E-state index in [1.807, 2.05) is 21.8 Å². The van der Waals surface area contributed by atoms with Crippen LogP contribution in [0.1, 0.15) is 29.4 Å². The van der Waals surface area contributed by atoms with Crippen LogP contribution in [0.15, 0.2) is 59.3 Å². The molecule has 1 atom stereocenters. The third-order valence-corrected chi connectivity index (χ3v) is 4.53. The molecule has 1 aliphatic heterocycles. The summed E-state index contributed by atoms with van der Waals surface area (Å²) >= 11 is 0. The van der Waals surface area contributed by atoms with Crippen LogP contribution in [0.4, 0.5) is 4.39 Å². The van der Waals surface area contributed by atoms with Gasteiger partial charge in [0, 0.05) is 31.0 Å². The Bertz CT molecular complexity index is 855. The second-order valence-corrected chi connectivity index (χ2v) is 6.20. The van der Waals surface area contributed by atoms with E-state index >= 15 is 0 Å². The van der Waals surface area contributed by atoms with Crippen LogP contribution in [-0.4, -0.2) is 33.7 Å². The predicted molar refractivity (Wildman–Crippen MR) is 90.5 cm³/mol. The summed E-state index contributed by atoms with van der Waals surface area (Å²) in [5, 5.41) is 4.28. The predicted octanol–water partition coefficient (Wildman–Crippen LogP) is 3.76. The number of piperidine rings is 1. The SMILES string of the molecule is O=C(c1ccc(-c2ccc(F)cc2)o1)N1CCC[C@H](n2cccn2)C1. The molecule has 1 amide bonds. The van der Waals surface area contributed by atoms with Crippen LogP contribution in [0.2, 0.25) is 0 Å². The molecule has 2 aromatic heterocycles. The lowest BCUT2D eigenvalue weighted by molar-refractivity contribution is 0.0642. The Morgan fingerprint density at radius 3 is 2.80 bits per heavy atom. The second kappa shape index (κ2) is 6.55. The molecule has 3 aromatic rings. The zero-order chi connectivity index (χ0) is 17.2. The van der Waals surface area contributed by atoms with Gasteiger partial charge in [0.15, 0.2) is 5.76 Å². The molecule has 25 heavy (non-hydrogen) atoms.